The molecule has 1 aliphatic rings. The van der Waals surface area contributed by atoms with E-state index in [4.69, 9.17) is 16.3 Å². The Morgan fingerprint density at radius 1 is 1.12 bits per heavy atom. The van der Waals surface area contributed by atoms with Crippen LogP contribution in [-0.4, -0.2) is 70.5 Å². The first-order chi connectivity index (χ1) is 12.0. The molecule has 0 saturated carbocycles. The Morgan fingerprint density at radius 2 is 1.72 bits per heavy atom. The van der Waals surface area contributed by atoms with Crippen LogP contribution in [0, 0.1) is 4.91 Å². The van der Waals surface area contributed by atoms with Gasteiger partial charge in [-0.15, -0.1) is 0 Å². The predicted molar refractivity (Wildman–Crippen MR) is 91.1 cm³/mol. The Morgan fingerprint density at radius 3 is 2.28 bits per heavy atom. The molecule has 2 rings (SSSR count). The second kappa shape index (κ2) is 9.30. The zero-order valence-corrected chi connectivity index (χ0v) is 13.9. The lowest BCUT2D eigenvalue weighted by atomic mass is 9.90. The zero-order valence-electron chi connectivity index (χ0n) is 13.9. The van der Waals surface area contributed by atoms with E-state index in [1.807, 2.05) is 24.3 Å². The first-order valence-electron chi connectivity index (χ1n) is 8.22. The zero-order chi connectivity index (χ0) is 18.4. The highest BCUT2D eigenvalue weighted by atomic mass is 16.5. The minimum Gasteiger partial charge on any atom is -0.394 e. The average Bonchev–Trinajstić information content (AvgIpc) is 2.59. The smallest absolute Gasteiger partial charge is 0.149 e. The van der Waals surface area contributed by atoms with E-state index in [1.165, 1.54) is 0 Å². The Labute approximate surface area is 146 Å². The van der Waals surface area contributed by atoms with Crippen molar-refractivity contribution in [3.8, 4) is 0 Å². The van der Waals surface area contributed by atoms with E-state index in [0.29, 0.717) is 26.1 Å². The van der Waals surface area contributed by atoms with Crippen LogP contribution in [0.3, 0.4) is 0 Å². The second-order valence-electron chi connectivity index (χ2n) is 6.25. The monoisotopic (exact) mass is 354 g/mol. The maximum Gasteiger partial charge on any atom is 0.149 e. The van der Waals surface area contributed by atoms with Gasteiger partial charge in [0.1, 0.15) is 24.4 Å². The van der Waals surface area contributed by atoms with Gasteiger partial charge in [-0.1, -0.05) is 29.4 Å². The van der Waals surface area contributed by atoms with E-state index in [0.717, 1.165) is 11.1 Å². The van der Waals surface area contributed by atoms with Crippen LogP contribution in [0.25, 0.3) is 0 Å². The van der Waals surface area contributed by atoms with E-state index in [-0.39, 0.29) is 0 Å². The van der Waals surface area contributed by atoms with Crippen molar-refractivity contribution in [1.82, 2.24) is 5.01 Å². The minimum atomic E-state index is -1.32. The Hall–Kier alpha value is -1.46. The maximum atomic E-state index is 10.9. The van der Waals surface area contributed by atoms with Gasteiger partial charge in [-0.25, -0.2) is 5.01 Å². The fourth-order valence-corrected chi connectivity index (χ4v) is 2.96. The van der Waals surface area contributed by atoms with Crippen LogP contribution in [0.1, 0.15) is 11.1 Å². The summed E-state index contributed by atoms with van der Waals surface area (Å²) >= 11 is 0. The number of aliphatic hydroxyl groups excluding tert-OH is 3. The number of benzene rings is 1. The van der Waals surface area contributed by atoms with E-state index in [2.05, 4.69) is 5.18 Å². The van der Waals surface area contributed by atoms with Crippen LogP contribution in [0.4, 0.5) is 0 Å². The summed E-state index contributed by atoms with van der Waals surface area (Å²) in [6, 6.07) is 6.36. The van der Waals surface area contributed by atoms with Gasteiger partial charge in [0.05, 0.1) is 12.7 Å². The van der Waals surface area contributed by atoms with E-state index in [9.17, 15) is 20.2 Å². The summed E-state index contributed by atoms with van der Waals surface area (Å²) in [5, 5.41) is 33.8. The molecule has 7 N–H and O–H groups in total. The van der Waals surface area contributed by atoms with Crippen molar-refractivity contribution in [3.63, 3.8) is 0 Å². The van der Waals surface area contributed by atoms with Crippen LogP contribution in [0.2, 0.25) is 0 Å². The van der Waals surface area contributed by atoms with Crippen LogP contribution in [0.15, 0.2) is 29.4 Å². The number of hydrogen-bond donors (Lipinski definition) is 5. The Kier molecular flexibility index (Phi) is 7.38. The average molecular weight is 354 g/mol. The highest BCUT2D eigenvalue weighted by molar-refractivity contribution is 5.23. The number of ether oxygens (including phenoxy) is 1. The summed E-state index contributed by atoms with van der Waals surface area (Å²) in [5.74, 6) is 5.81. The van der Waals surface area contributed by atoms with Gasteiger partial charge in [0.2, 0.25) is 0 Å². The molecule has 1 heterocycles. The number of nitrogens with two attached hydrogens (primary N) is 2. The molecule has 5 unspecified atom stereocenters. The molecular weight excluding hydrogens is 328 g/mol. The first kappa shape index (κ1) is 19.9. The van der Waals surface area contributed by atoms with Gasteiger partial charge in [0.25, 0.3) is 0 Å². The van der Waals surface area contributed by atoms with Crippen molar-refractivity contribution >= 4 is 0 Å². The van der Waals surface area contributed by atoms with Gasteiger partial charge < -0.3 is 25.8 Å². The molecule has 1 aliphatic heterocycles. The summed E-state index contributed by atoms with van der Waals surface area (Å²) in [6.07, 6.45) is -3.92. The van der Waals surface area contributed by atoms with E-state index in [1.54, 1.807) is 5.01 Å². The van der Waals surface area contributed by atoms with Crippen LogP contribution < -0.4 is 11.6 Å². The summed E-state index contributed by atoms with van der Waals surface area (Å²) in [5.41, 5.74) is 7.35. The highest BCUT2D eigenvalue weighted by Gasteiger charge is 2.45. The molecule has 0 aromatic heterocycles. The molecule has 0 aliphatic carbocycles. The molecule has 1 fully saturated rings. The van der Waals surface area contributed by atoms with Crippen molar-refractivity contribution in [3.05, 3.63) is 40.3 Å². The van der Waals surface area contributed by atoms with Crippen LogP contribution >= 0.6 is 0 Å². The number of hydrazine groups is 1. The molecule has 0 spiro atoms. The molecule has 0 bridgehead atoms. The quantitative estimate of drug-likeness (QED) is 0.214. The lowest BCUT2D eigenvalue weighted by molar-refractivity contribution is -0.187. The molecule has 1 aromatic carbocycles. The van der Waals surface area contributed by atoms with Gasteiger partial charge in [-0.2, -0.15) is 4.91 Å². The molecule has 0 radical (unpaired) electrons. The molecule has 0 amide bonds. The van der Waals surface area contributed by atoms with Gasteiger partial charge in [-0.05, 0) is 11.1 Å². The Bertz CT molecular complexity index is 544. The third-order valence-electron chi connectivity index (χ3n) is 4.37. The lowest BCUT2D eigenvalue weighted by Crippen LogP contribution is -2.58. The second-order valence-corrected chi connectivity index (χ2v) is 6.25. The summed E-state index contributed by atoms with van der Waals surface area (Å²) < 4.78 is 5.53. The first-order valence-corrected chi connectivity index (χ1v) is 8.22. The molecule has 140 valence electrons. The van der Waals surface area contributed by atoms with Crippen molar-refractivity contribution in [2.75, 3.05) is 19.7 Å². The number of hydrogen-bond acceptors (Lipinski definition) is 9. The van der Waals surface area contributed by atoms with Gasteiger partial charge in [0, 0.05) is 26.1 Å². The SMILES string of the molecule is NCCN(N)Cc1ccc(CC2OC(CO)C(O)C(N=O)C2O)cc1. The molecule has 1 aromatic rings. The summed E-state index contributed by atoms with van der Waals surface area (Å²) in [6.45, 7) is 1.18. The molecular formula is C16H26N4O5. The van der Waals surface area contributed by atoms with Crippen molar-refractivity contribution in [2.24, 2.45) is 16.8 Å². The molecule has 9 heteroatoms. The molecule has 5 atom stereocenters. The Balaban J connectivity index is 2.01. The number of nitrogens with zero attached hydrogens (tertiary/aromatic N) is 2. The predicted octanol–water partition coefficient (Wildman–Crippen LogP) is -1.52. The van der Waals surface area contributed by atoms with Gasteiger partial charge in [-0.3, -0.25) is 5.84 Å². The summed E-state index contributed by atoms with van der Waals surface area (Å²) in [4.78, 5) is 10.9. The van der Waals surface area contributed by atoms with Crippen LogP contribution in [-0.2, 0) is 17.7 Å². The third kappa shape index (κ3) is 5.02. The molecule has 25 heavy (non-hydrogen) atoms. The van der Waals surface area contributed by atoms with Crippen molar-refractivity contribution in [2.45, 2.75) is 43.4 Å². The largest absolute Gasteiger partial charge is 0.394 e. The minimum absolute atomic E-state index is 0.325. The van der Waals surface area contributed by atoms with E-state index < -0.39 is 37.1 Å². The fourth-order valence-electron chi connectivity index (χ4n) is 2.96. The number of aliphatic hydroxyl groups is 3. The summed E-state index contributed by atoms with van der Waals surface area (Å²) in [7, 11) is 0. The van der Waals surface area contributed by atoms with Crippen molar-refractivity contribution < 1.29 is 20.1 Å². The normalized spacial score (nSPS) is 29.8. The number of rotatable bonds is 8. The van der Waals surface area contributed by atoms with Crippen LogP contribution in [0.5, 0.6) is 0 Å². The fraction of sp³-hybridized carbons (Fsp3) is 0.625. The van der Waals surface area contributed by atoms with Crippen molar-refractivity contribution in [1.29, 1.82) is 0 Å². The number of nitroso groups, excluding NO2 is 1. The third-order valence-corrected chi connectivity index (χ3v) is 4.37. The molecule has 9 nitrogen and oxygen atoms in total. The maximum absolute atomic E-state index is 10.9. The standard InChI is InChI=1S/C16H26N4O5/c17-5-6-20(18)8-11-3-1-10(2-4-11)7-12-15(22)14(19-24)16(23)13(9-21)25-12/h1-4,12-16,21-23H,5-9,17-18H2. The molecule has 1 saturated heterocycles. The lowest BCUT2D eigenvalue weighted by Gasteiger charge is -2.39. The van der Waals surface area contributed by atoms with Gasteiger partial charge >= 0.3 is 0 Å². The highest BCUT2D eigenvalue weighted by Crippen LogP contribution is 2.26. The topological polar surface area (TPSA) is 155 Å². The van der Waals surface area contributed by atoms with Gasteiger partial charge in [0.15, 0.2) is 0 Å². The van der Waals surface area contributed by atoms with E-state index >= 15 is 0 Å².